The minimum Gasteiger partial charge on any atom is -0.380 e. The van der Waals surface area contributed by atoms with Gasteiger partial charge in [-0.15, -0.1) is 0 Å². The molecule has 1 amide bonds. The predicted molar refractivity (Wildman–Crippen MR) is 127 cm³/mol. The number of aliphatic imine (C=N–C) groups is 2. The summed E-state index contributed by atoms with van der Waals surface area (Å²) in [5.74, 6) is 0.0376. The number of hydrazine groups is 1. The summed E-state index contributed by atoms with van der Waals surface area (Å²) in [4.78, 5) is 24.6. The molecule has 1 aromatic carbocycles. The Morgan fingerprint density at radius 1 is 1.28 bits per heavy atom. The first-order valence-corrected chi connectivity index (χ1v) is 11.2. The number of benzene rings is 1. The van der Waals surface area contributed by atoms with E-state index in [1.54, 1.807) is 0 Å². The predicted octanol–water partition coefficient (Wildman–Crippen LogP) is 1.45. The van der Waals surface area contributed by atoms with Gasteiger partial charge in [-0.2, -0.15) is 0 Å². The highest BCUT2D eigenvalue weighted by atomic mass is 16.5. The monoisotopic (exact) mass is 439 g/mol. The molecule has 2 atom stereocenters. The molecule has 3 aliphatic heterocycles. The van der Waals surface area contributed by atoms with Crippen molar-refractivity contribution in [1.29, 1.82) is 0 Å². The molecule has 3 aliphatic rings. The van der Waals surface area contributed by atoms with Gasteiger partial charge in [0.05, 0.1) is 25.4 Å². The molecule has 0 fully saturated rings. The van der Waals surface area contributed by atoms with Gasteiger partial charge >= 0.3 is 0 Å². The van der Waals surface area contributed by atoms with Gasteiger partial charge in [0.1, 0.15) is 12.1 Å². The Balaban J connectivity index is 1.63. The molecular formula is C23H33N7O2. The zero-order valence-electron chi connectivity index (χ0n) is 19.3. The standard InChI is InChI=1S/C23H33N7O2/c1-5-11-32-12-10-30-14-17-20(19-16-13-15(2)6-7-18(16)25-22(19)31)26-23(27-21(17)28-30)24-8-9-29(3)4/h6-7,13-14,19,21,28H,5,8-12H2,1-4H3,(H,24,27)(H,25,31). The first-order valence-electron chi connectivity index (χ1n) is 11.2. The molecule has 9 heteroatoms. The Kier molecular flexibility index (Phi) is 6.88. The number of carbonyl (C=O) groups is 1. The molecule has 0 aliphatic carbocycles. The van der Waals surface area contributed by atoms with Crippen molar-refractivity contribution in [2.24, 2.45) is 9.98 Å². The van der Waals surface area contributed by atoms with E-state index in [2.05, 4.69) is 38.9 Å². The summed E-state index contributed by atoms with van der Waals surface area (Å²) in [5, 5.41) is 8.40. The molecular weight excluding hydrogens is 406 g/mol. The van der Waals surface area contributed by atoms with Crippen molar-refractivity contribution >= 4 is 23.3 Å². The lowest BCUT2D eigenvalue weighted by atomic mass is 9.88. The van der Waals surface area contributed by atoms with Crippen LogP contribution in [-0.4, -0.2) is 80.6 Å². The number of hydrogen-bond acceptors (Lipinski definition) is 6. The van der Waals surface area contributed by atoms with E-state index in [1.165, 1.54) is 0 Å². The maximum Gasteiger partial charge on any atom is 0.238 e. The van der Waals surface area contributed by atoms with Crippen LogP contribution >= 0.6 is 0 Å². The van der Waals surface area contributed by atoms with Crippen LogP contribution in [0.15, 0.2) is 40.0 Å². The first kappa shape index (κ1) is 22.4. The number of likely N-dealkylation sites (N-methyl/N-ethyl adjacent to an activating group) is 1. The number of hydrogen-bond donors (Lipinski definition) is 3. The molecule has 2 unspecified atom stereocenters. The van der Waals surface area contributed by atoms with E-state index in [0.717, 1.165) is 47.7 Å². The third-order valence-corrected chi connectivity index (χ3v) is 5.64. The highest BCUT2D eigenvalue weighted by Gasteiger charge is 2.42. The molecule has 0 saturated carbocycles. The number of fused-ring (bicyclic) bond motifs is 2. The average Bonchev–Trinajstić information content (AvgIpc) is 3.30. The van der Waals surface area contributed by atoms with E-state index in [-0.39, 0.29) is 12.1 Å². The van der Waals surface area contributed by atoms with Crippen LogP contribution in [0, 0.1) is 6.92 Å². The molecule has 9 nitrogen and oxygen atoms in total. The molecule has 0 aromatic heterocycles. The highest BCUT2D eigenvalue weighted by molar-refractivity contribution is 6.26. The van der Waals surface area contributed by atoms with Gasteiger partial charge in [-0.25, -0.2) is 15.4 Å². The van der Waals surface area contributed by atoms with Crippen LogP contribution in [0.1, 0.15) is 30.4 Å². The van der Waals surface area contributed by atoms with E-state index < -0.39 is 5.92 Å². The molecule has 0 saturated heterocycles. The summed E-state index contributed by atoms with van der Waals surface area (Å²) in [6.45, 7) is 7.66. The summed E-state index contributed by atoms with van der Waals surface area (Å²) in [6, 6.07) is 6.04. The summed E-state index contributed by atoms with van der Waals surface area (Å²) < 4.78 is 5.64. The number of guanidine groups is 1. The van der Waals surface area contributed by atoms with Gasteiger partial charge in [0.15, 0.2) is 0 Å². The van der Waals surface area contributed by atoms with Crippen LogP contribution in [0.25, 0.3) is 0 Å². The SMILES string of the molecule is CCCOCCN1C=C2C(C3C(=O)Nc4ccc(C)cc43)=NC(=NCCN(C)C)NC2N1. The number of rotatable bonds is 9. The van der Waals surface area contributed by atoms with Crippen LogP contribution in [0.4, 0.5) is 5.69 Å². The number of carbonyl (C=O) groups excluding carboxylic acids is 1. The van der Waals surface area contributed by atoms with Crippen molar-refractivity contribution in [2.45, 2.75) is 32.4 Å². The van der Waals surface area contributed by atoms with Crippen LogP contribution in [0.5, 0.6) is 0 Å². The molecule has 3 heterocycles. The second kappa shape index (κ2) is 9.81. The number of nitrogens with zero attached hydrogens (tertiary/aromatic N) is 4. The second-order valence-corrected chi connectivity index (χ2v) is 8.62. The molecule has 0 radical (unpaired) electrons. The third kappa shape index (κ3) is 4.85. The van der Waals surface area contributed by atoms with E-state index in [0.29, 0.717) is 25.7 Å². The van der Waals surface area contributed by atoms with E-state index in [9.17, 15) is 4.79 Å². The maximum absolute atomic E-state index is 13.0. The number of anilines is 1. The lowest BCUT2D eigenvalue weighted by Crippen LogP contribution is -2.52. The van der Waals surface area contributed by atoms with Gasteiger partial charge in [0, 0.05) is 30.6 Å². The van der Waals surface area contributed by atoms with Gasteiger partial charge in [-0.1, -0.05) is 24.6 Å². The van der Waals surface area contributed by atoms with Crippen molar-refractivity contribution in [3.8, 4) is 0 Å². The zero-order valence-corrected chi connectivity index (χ0v) is 19.3. The fourth-order valence-electron chi connectivity index (χ4n) is 4.04. The van der Waals surface area contributed by atoms with Crippen molar-refractivity contribution in [2.75, 3.05) is 52.3 Å². The Morgan fingerprint density at radius 2 is 2.12 bits per heavy atom. The summed E-state index contributed by atoms with van der Waals surface area (Å²) >= 11 is 0. The largest absolute Gasteiger partial charge is 0.380 e. The van der Waals surface area contributed by atoms with Crippen molar-refractivity contribution in [3.63, 3.8) is 0 Å². The maximum atomic E-state index is 13.0. The normalized spacial score (nSPS) is 23.1. The van der Waals surface area contributed by atoms with Gasteiger partial charge in [0.2, 0.25) is 11.9 Å². The number of nitrogens with one attached hydrogen (secondary N) is 3. The van der Waals surface area contributed by atoms with E-state index in [1.807, 2.05) is 44.4 Å². The third-order valence-electron chi connectivity index (χ3n) is 5.64. The van der Waals surface area contributed by atoms with E-state index >= 15 is 0 Å². The van der Waals surface area contributed by atoms with Gasteiger partial charge < -0.3 is 25.3 Å². The smallest absolute Gasteiger partial charge is 0.238 e. The molecule has 0 bridgehead atoms. The van der Waals surface area contributed by atoms with Gasteiger partial charge in [0.25, 0.3) is 0 Å². The number of amides is 1. The topological polar surface area (TPSA) is 93.6 Å². The second-order valence-electron chi connectivity index (χ2n) is 8.62. The summed E-state index contributed by atoms with van der Waals surface area (Å²) in [5.41, 5.74) is 8.08. The Morgan fingerprint density at radius 3 is 2.91 bits per heavy atom. The zero-order chi connectivity index (χ0) is 22.7. The lowest BCUT2D eigenvalue weighted by molar-refractivity contribution is -0.115. The molecule has 172 valence electrons. The van der Waals surface area contributed by atoms with Crippen LogP contribution < -0.4 is 16.1 Å². The number of ether oxygens (including phenoxy) is 1. The average molecular weight is 440 g/mol. The van der Waals surface area contributed by atoms with Crippen molar-refractivity contribution in [3.05, 3.63) is 41.1 Å². The highest BCUT2D eigenvalue weighted by Crippen LogP contribution is 2.37. The van der Waals surface area contributed by atoms with Gasteiger partial charge in [-0.05, 0) is 39.1 Å². The summed E-state index contributed by atoms with van der Waals surface area (Å²) in [7, 11) is 4.03. The molecule has 3 N–H and O–H groups in total. The van der Waals surface area contributed by atoms with E-state index in [4.69, 9.17) is 9.73 Å². The van der Waals surface area contributed by atoms with Crippen molar-refractivity contribution < 1.29 is 9.53 Å². The first-order chi connectivity index (χ1) is 15.5. The fraction of sp³-hybridized carbons (Fsp3) is 0.522. The molecule has 32 heavy (non-hydrogen) atoms. The quantitative estimate of drug-likeness (QED) is 0.505. The summed E-state index contributed by atoms with van der Waals surface area (Å²) in [6.07, 6.45) is 2.84. The lowest BCUT2D eigenvalue weighted by Gasteiger charge is -2.27. The Bertz CT molecular complexity index is 954. The number of aryl methyl sites for hydroxylation is 1. The fourth-order valence-corrected chi connectivity index (χ4v) is 4.04. The van der Waals surface area contributed by atoms with Crippen molar-refractivity contribution in [1.82, 2.24) is 20.7 Å². The molecule has 4 rings (SSSR count). The molecule has 0 spiro atoms. The Labute approximate surface area is 189 Å². The van der Waals surface area contributed by atoms with Crippen LogP contribution in [-0.2, 0) is 9.53 Å². The van der Waals surface area contributed by atoms with Gasteiger partial charge in [-0.3, -0.25) is 4.79 Å². The minimum absolute atomic E-state index is 0.0525. The van der Waals surface area contributed by atoms with Crippen LogP contribution in [0.2, 0.25) is 0 Å². The van der Waals surface area contributed by atoms with Crippen LogP contribution in [0.3, 0.4) is 0 Å². The molecule has 1 aromatic rings. The minimum atomic E-state index is -0.460. The Hall–Kier alpha value is -2.75.